The molecule has 2 aliphatic heterocycles. The third-order valence-electron chi connectivity index (χ3n) is 3.37. The van der Waals surface area contributed by atoms with Crippen molar-refractivity contribution < 1.29 is 23.8 Å². The summed E-state index contributed by atoms with van der Waals surface area (Å²) in [6.07, 6.45) is 1.62. The van der Waals surface area contributed by atoms with Gasteiger partial charge in [0.05, 0.1) is 18.3 Å². The van der Waals surface area contributed by atoms with E-state index >= 15 is 0 Å². The topological polar surface area (TPSA) is 73.9 Å². The summed E-state index contributed by atoms with van der Waals surface area (Å²) >= 11 is 3.42. The molecule has 1 N–H and O–H groups in total. The van der Waals surface area contributed by atoms with Crippen LogP contribution in [0.25, 0.3) is 6.08 Å². The number of rotatable bonds is 2. The van der Waals surface area contributed by atoms with E-state index in [-0.39, 0.29) is 23.8 Å². The van der Waals surface area contributed by atoms with Gasteiger partial charge in [0.2, 0.25) is 6.79 Å². The number of carbonyl (C=O) groups is 2. The highest BCUT2D eigenvalue weighted by Gasteiger charge is 2.31. The molecule has 114 valence electrons. The Morgan fingerprint density at radius 3 is 2.73 bits per heavy atom. The molecule has 1 aromatic rings. The van der Waals surface area contributed by atoms with Gasteiger partial charge in [0.25, 0.3) is 5.91 Å². The number of esters is 1. The van der Waals surface area contributed by atoms with E-state index in [4.69, 9.17) is 14.2 Å². The Hall–Kier alpha value is -2.28. The molecule has 2 aliphatic rings. The summed E-state index contributed by atoms with van der Waals surface area (Å²) in [6, 6.07) is 3.51. The first-order chi connectivity index (χ1) is 10.5. The van der Waals surface area contributed by atoms with E-state index in [2.05, 4.69) is 21.2 Å². The standard InChI is InChI=1S/C15H12BrNO5/c1-7-13(15(19)20-2)9(14(18)17-7)3-8-4-11-12(5-10(8)16)22-6-21-11/h3-5H,6H2,1-2H3,(H,17,18). The SMILES string of the molecule is COC(=O)C1=C(C)NC(=O)C1=Cc1cc2c(cc1Br)OCO2. The molecule has 0 unspecified atom stereocenters. The maximum absolute atomic E-state index is 12.1. The lowest BCUT2D eigenvalue weighted by Crippen LogP contribution is -2.15. The van der Waals surface area contributed by atoms with Crippen LogP contribution in [0.2, 0.25) is 0 Å². The Balaban J connectivity index is 2.08. The zero-order valence-electron chi connectivity index (χ0n) is 11.9. The highest BCUT2D eigenvalue weighted by molar-refractivity contribution is 9.10. The van der Waals surface area contributed by atoms with Crippen molar-refractivity contribution in [2.75, 3.05) is 13.9 Å². The maximum atomic E-state index is 12.1. The van der Waals surface area contributed by atoms with Crippen LogP contribution in [0.15, 0.2) is 33.4 Å². The number of benzene rings is 1. The molecule has 0 atom stereocenters. The normalized spacial score (nSPS) is 18.0. The number of carbonyl (C=O) groups excluding carboxylic acids is 2. The van der Waals surface area contributed by atoms with Crippen LogP contribution in [0.5, 0.6) is 11.5 Å². The average molecular weight is 366 g/mol. The van der Waals surface area contributed by atoms with E-state index in [1.54, 1.807) is 25.1 Å². The molecule has 6 nitrogen and oxygen atoms in total. The van der Waals surface area contributed by atoms with E-state index in [0.29, 0.717) is 22.8 Å². The highest BCUT2D eigenvalue weighted by atomic mass is 79.9. The summed E-state index contributed by atoms with van der Waals surface area (Å²) < 4.78 is 16.1. The largest absolute Gasteiger partial charge is 0.465 e. The molecule has 0 aliphatic carbocycles. The van der Waals surface area contributed by atoms with Crippen LogP contribution in [-0.4, -0.2) is 25.8 Å². The number of methoxy groups -OCH3 is 1. The van der Waals surface area contributed by atoms with Crippen molar-refractivity contribution in [1.29, 1.82) is 0 Å². The lowest BCUT2D eigenvalue weighted by atomic mass is 10.0. The summed E-state index contributed by atoms with van der Waals surface area (Å²) in [5.41, 5.74) is 1.66. The second-order valence-electron chi connectivity index (χ2n) is 4.73. The molecule has 0 saturated carbocycles. The van der Waals surface area contributed by atoms with Gasteiger partial charge in [-0.1, -0.05) is 15.9 Å². The first kappa shape index (κ1) is 14.6. The van der Waals surface area contributed by atoms with E-state index in [0.717, 1.165) is 4.47 Å². The molecule has 0 radical (unpaired) electrons. The predicted octanol–water partition coefficient (Wildman–Crippen LogP) is 2.14. The highest BCUT2D eigenvalue weighted by Crippen LogP contribution is 2.38. The van der Waals surface area contributed by atoms with E-state index in [1.807, 2.05) is 0 Å². The summed E-state index contributed by atoms with van der Waals surface area (Å²) in [5.74, 6) is 0.319. The minimum atomic E-state index is -0.557. The number of allylic oxidation sites excluding steroid dienone is 1. The summed E-state index contributed by atoms with van der Waals surface area (Å²) in [7, 11) is 1.28. The fourth-order valence-corrected chi connectivity index (χ4v) is 2.75. The molecule has 0 bridgehead atoms. The van der Waals surface area contributed by atoms with Gasteiger partial charge in [-0.3, -0.25) is 4.79 Å². The van der Waals surface area contributed by atoms with Gasteiger partial charge in [0.15, 0.2) is 11.5 Å². The van der Waals surface area contributed by atoms with Gasteiger partial charge >= 0.3 is 5.97 Å². The summed E-state index contributed by atoms with van der Waals surface area (Å²) in [5, 5.41) is 2.62. The van der Waals surface area contributed by atoms with Crippen molar-refractivity contribution in [3.8, 4) is 11.5 Å². The third-order valence-corrected chi connectivity index (χ3v) is 4.06. The predicted molar refractivity (Wildman–Crippen MR) is 81.1 cm³/mol. The first-order valence-electron chi connectivity index (χ1n) is 6.43. The number of fused-ring (bicyclic) bond motifs is 1. The van der Waals surface area contributed by atoms with Crippen molar-refractivity contribution >= 4 is 33.9 Å². The van der Waals surface area contributed by atoms with Crippen molar-refractivity contribution in [3.63, 3.8) is 0 Å². The van der Waals surface area contributed by atoms with Crippen molar-refractivity contribution in [2.45, 2.75) is 6.92 Å². The average Bonchev–Trinajstić information content (AvgIpc) is 3.03. The second kappa shape index (κ2) is 5.49. The molecule has 1 amide bonds. The van der Waals surface area contributed by atoms with Crippen molar-refractivity contribution in [3.05, 3.63) is 39.0 Å². The molecule has 1 aromatic carbocycles. The fraction of sp³-hybridized carbons (Fsp3) is 0.200. The first-order valence-corrected chi connectivity index (χ1v) is 7.22. The van der Waals surface area contributed by atoms with Crippen LogP contribution in [-0.2, 0) is 14.3 Å². The van der Waals surface area contributed by atoms with E-state index in [9.17, 15) is 9.59 Å². The number of hydrogen-bond donors (Lipinski definition) is 1. The van der Waals surface area contributed by atoms with Crippen LogP contribution >= 0.6 is 15.9 Å². The number of nitrogens with one attached hydrogen (secondary N) is 1. The van der Waals surface area contributed by atoms with Crippen molar-refractivity contribution in [1.82, 2.24) is 5.32 Å². The molecule has 2 heterocycles. The van der Waals surface area contributed by atoms with Crippen LogP contribution < -0.4 is 14.8 Å². The fourth-order valence-electron chi connectivity index (χ4n) is 2.32. The van der Waals surface area contributed by atoms with Gasteiger partial charge in [-0.05, 0) is 30.7 Å². The van der Waals surface area contributed by atoms with E-state index < -0.39 is 5.97 Å². The van der Waals surface area contributed by atoms with Crippen molar-refractivity contribution in [2.24, 2.45) is 0 Å². The molecule has 0 saturated heterocycles. The Kier molecular flexibility index (Phi) is 3.66. The second-order valence-corrected chi connectivity index (χ2v) is 5.59. The Bertz CT molecular complexity index is 751. The van der Waals surface area contributed by atoms with E-state index in [1.165, 1.54) is 7.11 Å². The van der Waals surface area contributed by atoms with Gasteiger partial charge in [-0.2, -0.15) is 0 Å². The Morgan fingerprint density at radius 2 is 2.05 bits per heavy atom. The quantitative estimate of drug-likeness (QED) is 0.641. The minimum Gasteiger partial charge on any atom is -0.465 e. The smallest absolute Gasteiger partial charge is 0.340 e. The lowest BCUT2D eigenvalue weighted by Gasteiger charge is -2.05. The van der Waals surface area contributed by atoms with Gasteiger partial charge in [0.1, 0.15) is 0 Å². The molecule has 3 rings (SSSR count). The summed E-state index contributed by atoms with van der Waals surface area (Å²) in [6.45, 7) is 1.81. The van der Waals surface area contributed by atoms with Gasteiger partial charge < -0.3 is 19.5 Å². The van der Waals surface area contributed by atoms with Crippen LogP contribution in [0.4, 0.5) is 0 Å². The third kappa shape index (κ3) is 2.37. The minimum absolute atomic E-state index is 0.161. The van der Waals surface area contributed by atoms with Crippen LogP contribution in [0.3, 0.4) is 0 Å². The molecule has 0 fully saturated rings. The Morgan fingerprint density at radius 1 is 1.36 bits per heavy atom. The molecular formula is C15H12BrNO5. The molecular weight excluding hydrogens is 354 g/mol. The summed E-state index contributed by atoms with van der Waals surface area (Å²) in [4.78, 5) is 23.9. The molecule has 0 spiro atoms. The van der Waals surface area contributed by atoms with Gasteiger partial charge in [0, 0.05) is 10.2 Å². The van der Waals surface area contributed by atoms with Crippen LogP contribution in [0.1, 0.15) is 12.5 Å². The number of ether oxygens (including phenoxy) is 3. The van der Waals surface area contributed by atoms with Gasteiger partial charge in [-0.15, -0.1) is 0 Å². The number of halogens is 1. The maximum Gasteiger partial charge on any atom is 0.340 e. The lowest BCUT2D eigenvalue weighted by molar-refractivity contribution is -0.136. The number of amides is 1. The monoisotopic (exact) mass is 365 g/mol. The number of hydrogen-bond acceptors (Lipinski definition) is 5. The Labute approximate surface area is 134 Å². The molecule has 0 aromatic heterocycles. The van der Waals surface area contributed by atoms with Crippen LogP contribution in [0, 0.1) is 0 Å². The van der Waals surface area contributed by atoms with Gasteiger partial charge in [-0.25, -0.2) is 4.79 Å². The zero-order valence-corrected chi connectivity index (χ0v) is 13.4. The zero-order chi connectivity index (χ0) is 15.9. The molecule has 22 heavy (non-hydrogen) atoms. The molecule has 7 heteroatoms.